The third kappa shape index (κ3) is 3.16. The summed E-state index contributed by atoms with van der Waals surface area (Å²) in [4.78, 5) is 12.0. The summed E-state index contributed by atoms with van der Waals surface area (Å²) in [5, 5.41) is 1.23. The summed E-state index contributed by atoms with van der Waals surface area (Å²) in [5.74, 6) is 0.420. The quantitative estimate of drug-likeness (QED) is 0.780. The molecule has 2 rings (SSSR count). The van der Waals surface area contributed by atoms with Crippen molar-refractivity contribution in [2.45, 2.75) is 0 Å². The maximum absolute atomic E-state index is 6.05. The minimum atomic E-state index is 0.243. The van der Waals surface area contributed by atoms with Crippen LogP contribution < -0.4 is 0 Å². The molecule has 2 aromatic rings. The molecule has 0 aliphatic rings. The molecule has 86 valence electrons. The van der Waals surface area contributed by atoms with Gasteiger partial charge in [-0.2, -0.15) is 0 Å². The number of rotatable bonds is 2. The van der Waals surface area contributed by atoms with Gasteiger partial charge in [0.25, 0.3) is 0 Å². The van der Waals surface area contributed by atoms with Crippen LogP contribution in [-0.4, -0.2) is 15.1 Å². The zero-order valence-electron chi connectivity index (χ0n) is 8.44. The Balaban J connectivity index is 2.37. The summed E-state index contributed by atoms with van der Waals surface area (Å²) in [5.41, 5.74) is 0.600. The smallest absolute Gasteiger partial charge is 0.172 e. The molecule has 0 amide bonds. The first-order valence-electron chi connectivity index (χ1n) is 4.62. The lowest BCUT2D eigenvalue weighted by atomic mass is 10.2. The number of halogens is 3. The Morgan fingerprint density at radius 2 is 2.00 bits per heavy atom. The van der Waals surface area contributed by atoms with E-state index in [1.807, 2.05) is 0 Å². The Labute approximate surface area is 113 Å². The molecule has 0 spiro atoms. The van der Waals surface area contributed by atoms with Gasteiger partial charge in [0.2, 0.25) is 0 Å². The first-order valence-corrected chi connectivity index (χ1v) is 5.76. The zero-order valence-corrected chi connectivity index (χ0v) is 10.7. The molecule has 0 radical (unpaired) electrons. The highest BCUT2D eigenvalue weighted by molar-refractivity contribution is 6.70. The van der Waals surface area contributed by atoms with Crippen molar-refractivity contribution in [1.82, 2.24) is 9.97 Å². The van der Waals surface area contributed by atoms with E-state index in [2.05, 4.69) is 15.0 Å². The van der Waals surface area contributed by atoms with E-state index in [-0.39, 0.29) is 5.17 Å². The summed E-state index contributed by atoms with van der Waals surface area (Å²) >= 11 is 17.8. The van der Waals surface area contributed by atoms with Gasteiger partial charge in [-0.3, -0.25) is 4.98 Å². The van der Waals surface area contributed by atoms with E-state index < -0.39 is 0 Å². The lowest BCUT2D eigenvalue weighted by Crippen LogP contribution is -1.92. The predicted octanol–water partition coefficient (Wildman–Crippen LogP) is 4.10. The molecule has 0 aliphatic carbocycles. The van der Waals surface area contributed by atoms with E-state index >= 15 is 0 Å². The first kappa shape index (κ1) is 12.3. The van der Waals surface area contributed by atoms with Crippen molar-refractivity contribution >= 4 is 45.8 Å². The number of hydrogen-bond donors (Lipinski definition) is 0. The van der Waals surface area contributed by atoms with Crippen molar-refractivity contribution < 1.29 is 0 Å². The summed E-state index contributed by atoms with van der Waals surface area (Å²) in [6.07, 6.45) is 4.60. The Morgan fingerprint density at radius 3 is 2.65 bits per heavy atom. The highest BCUT2D eigenvalue weighted by atomic mass is 35.5. The van der Waals surface area contributed by atoms with Crippen LogP contribution in [0.15, 0.2) is 41.8 Å². The highest BCUT2D eigenvalue weighted by Crippen LogP contribution is 2.23. The van der Waals surface area contributed by atoms with Crippen molar-refractivity contribution in [2.75, 3.05) is 0 Å². The fraction of sp³-hybridized carbons (Fsp3) is 0. The van der Waals surface area contributed by atoms with E-state index in [1.165, 1.54) is 12.4 Å². The molecule has 1 heterocycles. The highest BCUT2D eigenvalue weighted by Gasteiger charge is 2.06. The summed E-state index contributed by atoms with van der Waals surface area (Å²) in [7, 11) is 0. The van der Waals surface area contributed by atoms with Crippen LogP contribution in [0.4, 0.5) is 5.82 Å². The molecular weight excluding hydrogens is 281 g/mol. The number of nitrogens with zero attached hydrogens (tertiary/aromatic N) is 3. The minimum absolute atomic E-state index is 0.243. The molecule has 0 unspecified atom stereocenters. The molecule has 0 saturated carbocycles. The largest absolute Gasteiger partial charge is 0.259 e. The fourth-order valence-electron chi connectivity index (χ4n) is 1.17. The molecule has 17 heavy (non-hydrogen) atoms. The molecule has 1 aromatic heterocycles. The number of hydrogen-bond acceptors (Lipinski definition) is 3. The number of benzene rings is 1. The second-order valence-corrected chi connectivity index (χ2v) is 4.29. The molecule has 0 fully saturated rings. The van der Waals surface area contributed by atoms with Crippen LogP contribution in [0.1, 0.15) is 5.56 Å². The Kier molecular flexibility index (Phi) is 3.94. The Bertz CT molecular complexity index is 555. The second kappa shape index (κ2) is 5.45. The third-order valence-corrected chi connectivity index (χ3v) is 2.75. The van der Waals surface area contributed by atoms with Gasteiger partial charge < -0.3 is 0 Å². The van der Waals surface area contributed by atoms with E-state index in [4.69, 9.17) is 34.8 Å². The van der Waals surface area contributed by atoms with E-state index in [9.17, 15) is 0 Å². The van der Waals surface area contributed by atoms with Crippen LogP contribution in [0.5, 0.6) is 0 Å². The van der Waals surface area contributed by atoms with Gasteiger partial charge in [0, 0.05) is 23.0 Å². The molecule has 1 aromatic carbocycles. The maximum atomic E-state index is 6.05. The predicted molar refractivity (Wildman–Crippen MR) is 70.5 cm³/mol. The summed E-state index contributed by atoms with van der Waals surface area (Å²) in [6.45, 7) is 0. The van der Waals surface area contributed by atoms with Gasteiger partial charge in [-0.25, -0.2) is 9.98 Å². The van der Waals surface area contributed by atoms with Crippen molar-refractivity contribution in [3.63, 3.8) is 0 Å². The van der Waals surface area contributed by atoms with Gasteiger partial charge in [-0.1, -0.05) is 34.8 Å². The minimum Gasteiger partial charge on any atom is -0.259 e. The van der Waals surface area contributed by atoms with Gasteiger partial charge in [-0.05, 0) is 18.2 Å². The van der Waals surface area contributed by atoms with Gasteiger partial charge in [0.15, 0.2) is 5.82 Å². The second-order valence-electron chi connectivity index (χ2n) is 3.09. The SMILES string of the molecule is ClC(=Nc1cnccn1)c1ccc(Cl)cc1Cl. The first-order chi connectivity index (χ1) is 8.16. The average molecular weight is 287 g/mol. The van der Waals surface area contributed by atoms with Gasteiger partial charge in [0.05, 0.1) is 11.2 Å². The number of aromatic nitrogens is 2. The van der Waals surface area contributed by atoms with Crippen LogP contribution >= 0.6 is 34.8 Å². The van der Waals surface area contributed by atoms with Crippen molar-refractivity contribution in [1.29, 1.82) is 0 Å². The standard InChI is InChI=1S/C11H6Cl3N3/c12-7-1-2-8(9(13)5-7)11(14)17-10-6-15-3-4-16-10/h1-6H. The van der Waals surface area contributed by atoms with Gasteiger partial charge >= 0.3 is 0 Å². The van der Waals surface area contributed by atoms with Gasteiger partial charge in [-0.15, -0.1) is 0 Å². The summed E-state index contributed by atoms with van der Waals surface area (Å²) in [6, 6.07) is 5.00. The van der Waals surface area contributed by atoms with E-state index in [0.717, 1.165) is 0 Å². The molecule has 0 atom stereocenters. The van der Waals surface area contributed by atoms with Crippen LogP contribution in [-0.2, 0) is 0 Å². The monoisotopic (exact) mass is 285 g/mol. The van der Waals surface area contributed by atoms with Crippen LogP contribution in [0.25, 0.3) is 0 Å². The lowest BCUT2D eigenvalue weighted by molar-refractivity contribution is 1.18. The molecule has 3 nitrogen and oxygen atoms in total. The molecule has 0 saturated heterocycles. The topological polar surface area (TPSA) is 38.1 Å². The van der Waals surface area contributed by atoms with E-state index in [0.29, 0.717) is 21.4 Å². The molecule has 6 heteroatoms. The molecule has 0 bridgehead atoms. The average Bonchev–Trinajstić information content (AvgIpc) is 2.30. The molecule has 0 aliphatic heterocycles. The maximum Gasteiger partial charge on any atom is 0.172 e. The molecule has 0 N–H and O–H groups in total. The van der Waals surface area contributed by atoms with Crippen molar-refractivity contribution in [2.24, 2.45) is 4.99 Å². The fourth-order valence-corrected chi connectivity index (χ4v) is 1.96. The Hall–Kier alpha value is -1.16. The van der Waals surface area contributed by atoms with Crippen LogP contribution in [0, 0.1) is 0 Å². The normalized spacial score (nSPS) is 11.6. The van der Waals surface area contributed by atoms with E-state index in [1.54, 1.807) is 24.4 Å². The van der Waals surface area contributed by atoms with Gasteiger partial charge in [0.1, 0.15) is 5.17 Å². The van der Waals surface area contributed by atoms with Crippen molar-refractivity contribution in [3.8, 4) is 0 Å². The summed E-state index contributed by atoms with van der Waals surface area (Å²) < 4.78 is 0. The van der Waals surface area contributed by atoms with Crippen molar-refractivity contribution in [3.05, 3.63) is 52.4 Å². The number of aliphatic imine (C=N–C) groups is 1. The Morgan fingerprint density at radius 1 is 1.18 bits per heavy atom. The zero-order chi connectivity index (χ0) is 12.3. The van der Waals surface area contributed by atoms with Crippen LogP contribution in [0.3, 0.4) is 0 Å². The lowest BCUT2D eigenvalue weighted by Gasteiger charge is -2.02. The molecular formula is C11H6Cl3N3. The third-order valence-electron chi connectivity index (χ3n) is 1.92. The van der Waals surface area contributed by atoms with Crippen LogP contribution in [0.2, 0.25) is 10.0 Å².